The van der Waals surface area contributed by atoms with Crippen LogP contribution in [0.2, 0.25) is 0 Å². The van der Waals surface area contributed by atoms with Crippen molar-refractivity contribution in [1.29, 1.82) is 0 Å². The molecule has 1 fully saturated rings. The summed E-state index contributed by atoms with van der Waals surface area (Å²) in [5.74, 6) is 0.596. The average Bonchev–Trinajstić information content (AvgIpc) is 2.59. The zero-order valence-corrected chi connectivity index (χ0v) is 17.8. The van der Waals surface area contributed by atoms with E-state index >= 15 is 0 Å². The van der Waals surface area contributed by atoms with Crippen LogP contribution in [0.1, 0.15) is 52.0 Å². The summed E-state index contributed by atoms with van der Waals surface area (Å²) in [5, 5.41) is 7.17. The van der Waals surface area contributed by atoms with E-state index in [1.54, 1.807) is 12.1 Å². The van der Waals surface area contributed by atoms with Crippen molar-refractivity contribution >= 4 is 33.0 Å². The summed E-state index contributed by atoms with van der Waals surface area (Å²) in [6, 6.07) is 5.55. The van der Waals surface area contributed by atoms with Gasteiger partial charge >= 0.3 is 0 Å². The lowest BCUT2D eigenvalue weighted by molar-refractivity contribution is 0.309. The molecule has 1 aliphatic carbocycles. The van der Waals surface area contributed by atoms with Crippen LogP contribution in [0.5, 0.6) is 0 Å². The number of thiocarbonyl (C=S) groups is 1. The predicted molar refractivity (Wildman–Crippen MR) is 112 cm³/mol. The standard InChI is InChI=1S/C19H31N3O2S2/c1-5-22(6-2)26(23,24)16-12-11-15(4)18(13-16)21-19(25)20-17-10-8-7-9-14(17)3/h11-14,17H,5-10H2,1-4H3,(H2,20,21,25)/t14-,17-/m0/s1. The molecule has 1 aromatic rings. The Balaban J connectivity index is 2.15. The van der Waals surface area contributed by atoms with Crippen molar-refractivity contribution in [2.45, 2.75) is 64.3 Å². The second kappa shape index (κ2) is 9.15. The molecule has 2 atom stereocenters. The maximum Gasteiger partial charge on any atom is 0.243 e. The zero-order chi connectivity index (χ0) is 19.3. The summed E-state index contributed by atoms with van der Waals surface area (Å²) in [7, 11) is -3.48. The first kappa shape index (κ1) is 21.1. The fourth-order valence-corrected chi connectivity index (χ4v) is 5.21. The minimum absolute atomic E-state index is 0.295. The average molecular weight is 398 g/mol. The van der Waals surface area contributed by atoms with Crippen LogP contribution in [0, 0.1) is 12.8 Å². The first-order valence-corrected chi connectivity index (χ1v) is 11.3. The number of anilines is 1. The SMILES string of the molecule is CCN(CC)S(=O)(=O)c1ccc(C)c(NC(=S)N[C@H]2CCCC[C@@H]2C)c1. The molecular formula is C19H31N3O2S2. The predicted octanol–water partition coefficient (Wildman–Crippen LogP) is 3.89. The first-order valence-electron chi connectivity index (χ1n) is 9.47. The third-order valence-corrected chi connectivity index (χ3v) is 7.49. The molecule has 2 N–H and O–H groups in total. The number of rotatable bonds is 6. The lowest BCUT2D eigenvalue weighted by atomic mass is 9.86. The molecule has 146 valence electrons. The molecule has 0 radical (unpaired) electrons. The Hall–Kier alpha value is -1.18. The van der Waals surface area contributed by atoms with Crippen molar-refractivity contribution in [2.75, 3.05) is 18.4 Å². The van der Waals surface area contributed by atoms with Crippen LogP contribution in [0.3, 0.4) is 0 Å². The first-order chi connectivity index (χ1) is 12.3. The molecule has 7 heteroatoms. The molecule has 1 saturated carbocycles. The molecule has 0 heterocycles. The van der Waals surface area contributed by atoms with E-state index in [2.05, 4.69) is 17.6 Å². The van der Waals surface area contributed by atoms with Gasteiger partial charge in [0, 0.05) is 24.8 Å². The summed E-state index contributed by atoms with van der Waals surface area (Å²) in [6.07, 6.45) is 4.85. The van der Waals surface area contributed by atoms with Gasteiger partial charge in [0.15, 0.2) is 5.11 Å². The van der Waals surface area contributed by atoms with Crippen molar-refractivity contribution in [3.63, 3.8) is 0 Å². The zero-order valence-electron chi connectivity index (χ0n) is 16.2. The van der Waals surface area contributed by atoms with Gasteiger partial charge in [0.2, 0.25) is 10.0 Å². The quantitative estimate of drug-likeness (QED) is 0.713. The van der Waals surface area contributed by atoms with Crippen molar-refractivity contribution in [3.8, 4) is 0 Å². The summed E-state index contributed by atoms with van der Waals surface area (Å²) >= 11 is 5.48. The molecule has 0 aliphatic heterocycles. The number of benzene rings is 1. The van der Waals surface area contributed by atoms with Gasteiger partial charge < -0.3 is 10.6 Å². The molecule has 0 unspecified atom stereocenters. The minimum atomic E-state index is -3.48. The molecular weight excluding hydrogens is 366 g/mol. The Labute approximate surface area is 163 Å². The maximum atomic E-state index is 12.8. The highest BCUT2D eigenvalue weighted by atomic mass is 32.2. The molecule has 0 aromatic heterocycles. The molecule has 26 heavy (non-hydrogen) atoms. The van der Waals surface area contributed by atoms with Crippen LogP contribution in [-0.4, -0.2) is 37.0 Å². The third-order valence-electron chi connectivity index (χ3n) is 5.23. The van der Waals surface area contributed by atoms with E-state index in [1.165, 1.54) is 23.6 Å². The van der Waals surface area contributed by atoms with Crippen LogP contribution in [-0.2, 0) is 10.0 Å². The second-order valence-electron chi connectivity index (χ2n) is 7.03. The van der Waals surface area contributed by atoms with Gasteiger partial charge in [0.05, 0.1) is 4.90 Å². The molecule has 1 aliphatic rings. The summed E-state index contributed by atoms with van der Waals surface area (Å²) < 4.78 is 27.0. The van der Waals surface area contributed by atoms with Crippen molar-refractivity contribution in [3.05, 3.63) is 23.8 Å². The molecule has 5 nitrogen and oxygen atoms in total. The van der Waals surface area contributed by atoms with Gasteiger partial charge in [0.1, 0.15) is 0 Å². The van der Waals surface area contributed by atoms with E-state index in [-0.39, 0.29) is 0 Å². The number of aryl methyl sites for hydroxylation is 1. The number of hydrogen-bond donors (Lipinski definition) is 2. The molecule has 0 spiro atoms. The highest BCUT2D eigenvalue weighted by molar-refractivity contribution is 7.89. The van der Waals surface area contributed by atoms with Crippen LogP contribution < -0.4 is 10.6 Å². The Morgan fingerprint density at radius 1 is 1.23 bits per heavy atom. The van der Waals surface area contributed by atoms with Gasteiger partial charge in [-0.15, -0.1) is 0 Å². The molecule has 1 aromatic carbocycles. The van der Waals surface area contributed by atoms with E-state index < -0.39 is 10.0 Å². The van der Waals surface area contributed by atoms with Crippen molar-refractivity contribution in [2.24, 2.45) is 5.92 Å². The fraction of sp³-hybridized carbons (Fsp3) is 0.632. The van der Waals surface area contributed by atoms with Gasteiger partial charge in [-0.2, -0.15) is 4.31 Å². The lowest BCUT2D eigenvalue weighted by Crippen LogP contribution is -2.43. The molecule has 0 saturated heterocycles. The van der Waals surface area contributed by atoms with E-state index in [1.807, 2.05) is 26.8 Å². The number of nitrogens with zero attached hydrogens (tertiary/aromatic N) is 1. The molecule has 2 rings (SSSR count). The summed E-state index contributed by atoms with van der Waals surface area (Å²) in [6.45, 7) is 8.80. The summed E-state index contributed by atoms with van der Waals surface area (Å²) in [4.78, 5) is 0.295. The largest absolute Gasteiger partial charge is 0.359 e. The number of sulfonamides is 1. The van der Waals surface area contributed by atoms with E-state index in [0.29, 0.717) is 35.1 Å². The lowest BCUT2D eigenvalue weighted by Gasteiger charge is -2.30. The molecule has 0 bridgehead atoms. The van der Waals surface area contributed by atoms with Crippen molar-refractivity contribution in [1.82, 2.24) is 9.62 Å². The van der Waals surface area contributed by atoms with Gasteiger partial charge in [-0.05, 0) is 55.6 Å². The Kier molecular flexibility index (Phi) is 7.43. The normalized spacial score (nSPS) is 20.8. The van der Waals surface area contributed by atoms with Gasteiger partial charge in [-0.25, -0.2) is 8.42 Å². The highest BCUT2D eigenvalue weighted by Gasteiger charge is 2.24. The Morgan fingerprint density at radius 3 is 2.50 bits per heavy atom. The van der Waals surface area contributed by atoms with Crippen LogP contribution in [0.25, 0.3) is 0 Å². The van der Waals surface area contributed by atoms with Gasteiger partial charge in [-0.1, -0.05) is 39.7 Å². The Morgan fingerprint density at radius 2 is 1.88 bits per heavy atom. The van der Waals surface area contributed by atoms with E-state index in [4.69, 9.17) is 12.2 Å². The maximum absolute atomic E-state index is 12.8. The smallest absolute Gasteiger partial charge is 0.243 e. The highest BCUT2D eigenvalue weighted by Crippen LogP contribution is 2.25. The topological polar surface area (TPSA) is 61.4 Å². The fourth-order valence-electron chi connectivity index (χ4n) is 3.47. The second-order valence-corrected chi connectivity index (χ2v) is 9.38. The Bertz CT molecular complexity index is 730. The van der Waals surface area contributed by atoms with Crippen LogP contribution in [0.15, 0.2) is 23.1 Å². The minimum Gasteiger partial charge on any atom is -0.359 e. The third kappa shape index (κ3) is 4.96. The summed E-state index contributed by atoms with van der Waals surface area (Å²) in [5.41, 5.74) is 1.70. The van der Waals surface area contributed by atoms with Crippen molar-refractivity contribution < 1.29 is 8.42 Å². The monoisotopic (exact) mass is 397 g/mol. The van der Waals surface area contributed by atoms with Gasteiger partial charge in [-0.3, -0.25) is 0 Å². The van der Waals surface area contributed by atoms with Crippen LogP contribution in [0.4, 0.5) is 5.69 Å². The van der Waals surface area contributed by atoms with Crippen LogP contribution >= 0.6 is 12.2 Å². The molecule has 0 amide bonds. The van der Waals surface area contributed by atoms with E-state index in [0.717, 1.165) is 17.7 Å². The number of hydrogen-bond acceptors (Lipinski definition) is 3. The van der Waals surface area contributed by atoms with Gasteiger partial charge in [0.25, 0.3) is 0 Å². The number of nitrogens with one attached hydrogen (secondary N) is 2. The van der Waals surface area contributed by atoms with E-state index in [9.17, 15) is 8.42 Å².